The smallest absolute Gasteiger partial charge is 0.412 e. The van der Waals surface area contributed by atoms with Crippen LogP contribution in [0.3, 0.4) is 0 Å². The third-order valence-corrected chi connectivity index (χ3v) is 14.6. The highest BCUT2D eigenvalue weighted by Crippen LogP contribution is 2.62. The summed E-state index contributed by atoms with van der Waals surface area (Å²) in [6.45, 7) is 7.32. The molecular weight excluding hydrogens is 797 g/mol. The number of fused-ring (bicyclic) bond motifs is 2. The van der Waals surface area contributed by atoms with Gasteiger partial charge in [0.15, 0.2) is 0 Å². The van der Waals surface area contributed by atoms with E-state index in [1.54, 1.807) is 7.11 Å². The van der Waals surface area contributed by atoms with E-state index < -0.39 is 11.9 Å². The summed E-state index contributed by atoms with van der Waals surface area (Å²) in [4.78, 5) is 18.8. The van der Waals surface area contributed by atoms with E-state index in [1.165, 1.54) is 83.5 Å². The van der Waals surface area contributed by atoms with Crippen LogP contribution in [0.2, 0.25) is 0 Å². The fourth-order valence-electron chi connectivity index (χ4n) is 10.1. The number of aliphatic hydroxyl groups excluding tert-OH is 2. The van der Waals surface area contributed by atoms with Gasteiger partial charge in [-0.25, -0.2) is 4.79 Å². The fourth-order valence-corrected chi connectivity index (χ4v) is 11.5. The van der Waals surface area contributed by atoms with E-state index in [0.717, 1.165) is 72.4 Å². The Labute approximate surface area is 377 Å². The predicted molar refractivity (Wildman–Crippen MR) is 254 cm³/mol. The fraction of sp³-hybridized carbons (Fsp3) is 0.654. The van der Waals surface area contributed by atoms with Gasteiger partial charge in [0.2, 0.25) is 5.79 Å². The van der Waals surface area contributed by atoms with Crippen molar-refractivity contribution in [3.8, 4) is 11.5 Å². The number of oxime groups is 1. The van der Waals surface area contributed by atoms with Crippen molar-refractivity contribution in [3.63, 3.8) is 0 Å². The molecule has 0 spiro atoms. The maximum absolute atomic E-state index is 13.2. The highest BCUT2D eigenvalue weighted by atomic mass is 32.2. The third-order valence-electron chi connectivity index (χ3n) is 13.1. The molecule has 1 heterocycles. The molecule has 10 heteroatoms. The molecule has 0 unspecified atom stereocenters. The first-order valence-electron chi connectivity index (χ1n) is 24.2. The molecule has 1 amide bonds. The van der Waals surface area contributed by atoms with Crippen molar-refractivity contribution in [2.75, 3.05) is 32.7 Å². The van der Waals surface area contributed by atoms with Gasteiger partial charge < -0.3 is 34.6 Å². The lowest BCUT2D eigenvalue weighted by atomic mass is 9.56. The van der Waals surface area contributed by atoms with Crippen molar-refractivity contribution >= 4 is 23.6 Å². The number of unbranched alkanes of at least 4 members (excludes halogenated alkanes) is 15. The number of hydrogen-bond acceptors (Lipinski definition) is 9. The zero-order chi connectivity index (χ0) is 43.8. The number of carbonyl (C=O) groups excluding carboxylic acids is 1. The van der Waals surface area contributed by atoms with E-state index in [4.69, 9.17) is 24.2 Å². The summed E-state index contributed by atoms with van der Waals surface area (Å²) in [7, 11) is 1.62. The maximum atomic E-state index is 13.2. The number of rotatable bonds is 31. The summed E-state index contributed by atoms with van der Waals surface area (Å²) in [6, 6.07) is 15.5. The van der Waals surface area contributed by atoms with Gasteiger partial charge >= 0.3 is 6.09 Å². The zero-order valence-electron chi connectivity index (χ0n) is 38.0. The van der Waals surface area contributed by atoms with Crippen LogP contribution in [0.15, 0.2) is 78.0 Å². The molecule has 0 aromatic heterocycles. The summed E-state index contributed by atoms with van der Waals surface area (Å²) >= 11 is 1.93. The molecule has 5 rings (SSSR count). The predicted octanol–water partition coefficient (Wildman–Crippen LogP) is 12.5. The van der Waals surface area contributed by atoms with Crippen molar-refractivity contribution < 1.29 is 34.1 Å². The minimum atomic E-state index is -1.01. The Balaban J connectivity index is 1.37. The second-order valence-electron chi connectivity index (χ2n) is 17.6. The van der Waals surface area contributed by atoms with E-state index in [1.807, 2.05) is 66.4 Å². The van der Waals surface area contributed by atoms with Gasteiger partial charge in [-0.2, -0.15) is 11.8 Å². The first-order chi connectivity index (χ1) is 30.5. The molecule has 6 atom stereocenters. The number of hydrogen-bond donors (Lipinski definition) is 3. The molecule has 2 aromatic rings. The molecule has 3 aliphatic rings. The Bertz CT molecular complexity index is 1670. The lowest BCUT2D eigenvalue weighted by Gasteiger charge is -2.58. The normalized spacial score (nSPS) is 23.2. The lowest BCUT2D eigenvalue weighted by Crippen LogP contribution is -2.64. The van der Waals surface area contributed by atoms with E-state index in [-0.39, 0.29) is 42.1 Å². The van der Waals surface area contributed by atoms with Crippen LogP contribution in [0.25, 0.3) is 0 Å². The maximum Gasteiger partial charge on any atom is 0.412 e. The molecule has 2 aliphatic carbocycles. The number of carbonyl (C=O) groups is 1. The van der Waals surface area contributed by atoms with Crippen LogP contribution in [0, 0.1) is 17.8 Å². The zero-order valence-corrected chi connectivity index (χ0v) is 38.9. The summed E-state index contributed by atoms with van der Waals surface area (Å²) in [6.07, 6.45) is 28.0. The Morgan fingerprint density at radius 3 is 2.19 bits per heavy atom. The number of aliphatic hydroxyl groups is 2. The SMILES string of the molecule is C=CCO[C@@]12Oc3ccc(OC(=O)NCc4ccccc4)cc3[C@H]3[C@H](CCCCO)[C@@H](CCCCO)C=C(C(=NOC)C[C@@H]1SCCCCCCCCCCCCCCCC)[C@H]32. The van der Waals surface area contributed by atoms with Crippen molar-refractivity contribution in [1.29, 1.82) is 0 Å². The van der Waals surface area contributed by atoms with Crippen LogP contribution in [-0.2, 0) is 16.1 Å². The summed E-state index contributed by atoms with van der Waals surface area (Å²) in [5.41, 5.74) is 4.00. The van der Waals surface area contributed by atoms with Gasteiger partial charge in [-0.3, -0.25) is 0 Å². The van der Waals surface area contributed by atoms with Gasteiger partial charge in [-0.1, -0.05) is 151 Å². The molecule has 62 heavy (non-hydrogen) atoms. The number of nitrogens with one attached hydrogen (secondary N) is 1. The van der Waals surface area contributed by atoms with Crippen LogP contribution in [0.5, 0.6) is 11.5 Å². The van der Waals surface area contributed by atoms with Crippen LogP contribution in [0.1, 0.15) is 159 Å². The number of nitrogens with zero attached hydrogens (tertiary/aromatic N) is 1. The average Bonchev–Trinajstić information content (AvgIpc) is 3.28. The van der Waals surface area contributed by atoms with Crippen LogP contribution in [-0.4, -0.2) is 65.7 Å². The molecule has 9 nitrogen and oxygen atoms in total. The average molecular weight is 875 g/mol. The molecule has 2 aromatic carbocycles. The number of allylic oxidation sites excluding steroid dienone is 1. The van der Waals surface area contributed by atoms with Gasteiger partial charge in [0.25, 0.3) is 0 Å². The summed E-state index contributed by atoms with van der Waals surface area (Å²) in [5.74, 6) is 1.23. The number of ether oxygens (including phenoxy) is 3. The molecule has 1 fully saturated rings. The largest absolute Gasteiger partial charge is 0.460 e. The highest BCUT2D eigenvalue weighted by molar-refractivity contribution is 8.00. The number of amides is 1. The molecule has 344 valence electrons. The van der Waals surface area contributed by atoms with Gasteiger partial charge in [-0.05, 0) is 79.0 Å². The minimum absolute atomic E-state index is 0.0659. The van der Waals surface area contributed by atoms with E-state index in [0.29, 0.717) is 31.7 Å². The molecule has 0 saturated heterocycles. The van der Waals surface area contributed by atoms with Crippen molar-refractivity contribution in [3.05, 3.63) is 84.0 Å². The molecule has 1 aliphatic heterocycles. The Hall–Kier alpha value is -3.31. The van der Waals surface area contributed by atoms with Gasteiger partial charge in [-0.15, -0.1) is 6.58 Å². The third kappa shape index (κ3) is 14.3. The standard InChI is InChI=1S/C52H78N2O7S/c1-4-6-7-8-9-10-11-12-13-14-15-16-17-25-35-62-48-38-46(54-58-3)44-36-41(28-21-23-32-55)43(29-22-24-33-56)49-45-37-42(60-51(57)53-39-40-26-19-18-20-27-40)30-31-47(45)61-52(48,50(44)49)59-34-5-2/h5,18-20,26-27,30-31,36-37,41,43,48-50,55-56H,2,4,6-17,21-25,28-29,32-35,38-39H2,1,3H3,(H,53,57)/t41-,43+,48-,49+,50+,52+/m0/s1. The van der Waals surface area contributed by atoms with Crippen LogP contribution >= 0.6 is 11.8 Å². The number of benzene rings is 2. The highest BCUT2D eigenvalue weighted by Gasteiger charge is 2.64. The topological polar surface area (TPSA) is 119 Å². The monoisotopic (exact) mass is 875 g/mol. The minimum Gasteiger partial charge on any atom is -0.460 e. The van der Waals surface area contributed by atoms with E-state index in [2.05, 4.69) is 24.9 Å². The number of thioether (sulfide) groups is 1. The van der Waals surface area contributed by atoms with Crippen molar-refractivity contribution in [2.24, 2.45) is 22.9 Å². The Kier molecular flexibility index (Phi) is 22.3. The van der Waals surface area contributed by atoms with Crippen LogP contribution < -0.4 is 14.8 Å². The van der Waals surface area contributed by atoms with Gasteiger partial charge in [0, 0.05) is 37.7 Å². The lowest BCUT2D eigenvalue weighted by molar-refractivity contribution is -0.223. The van der Waals surface area contributed by atoms with Crippen LogP contribution in [0.4, 0.5) is 4.79 Å². The van der Waals surface area contributed by atoms with E-state index >= 15 is 0 Å². The summed E-state index contributed by atoms with van der Waals surface area (Å²) in [5, 5.41) is 27.3. The van der Waals surface area contributed by atoms with Crippen molar-refractivity contribution in [2.45, 2.75) is 165 Å². The molecular formula is C52H78N2O7S. The van der Waals surface area contributed by atoms with E-state index in [9.17, 15) is 15.0 Å². The van der Waals surface area contributed by atoms with Gasteiger partial charge in [0.1, 0.15) is 18.6 Å². The quantitative estimate of drug-likeness (QED) is 0.0389. The second kappa shape index (κ2) is 27.8. The Morgan fingerprint density at radius 2 is 1.55 bits per heavy atom. The molecule has 3 N–H and O–H groups in total. The Morgan fingerprint density at radius 1 is 0.887 bits per heavy atom. The van der Waals surface area contributed by atoms with Gasteiger partial charge in [0.05, 0.1) is 23.5 Å². The molecule has 0 bridgehead atoms. The molecule has 1 saturated carbocycles. The first-order valence-corrected chi connectivity index (χ1v) is 25.3. The molecule has 0 radical (unpaired) electrons. The van der Waals surface area contributed by atoms with Crippen molar-refractivity contribution in [1.82, 2.24) is 5.32 Å². The first kappa shape index (κ1) is 49.7. The second-order valence-corrected chi connectivity index (χ2v) is 18.9. The summed E-state index contributed by atoms with van der Waals surface area (Å²) < 4.78 is 20.3.